The minimum atomic E-state index is -0.325. The first kappa shape index (κ1) is 23.6. The van der Waals surface area contributed by atoms with Crippen LogP contribution in [-0.4, -0.2) is 55.9 Å². The number of likely N-dealkylation sites (tertiary alicyclic amines) is 1. The van der Waals surface area contributed by atoms with Gasteiger partial charge in [-0.3, -0.25) is 14.3 Å². The third-order valence-corrected chi connectivity index (χ3v) is 7.85. The van der Waals surface area contributed by atoms with Crippen LogP contribution in [0, 0.1) is 0 Å². The summed E-state index contributed by atoms with van der Waals surface area (Å²) in [5, 5.41) is 10.5. The van der Waals surface area contributed by atoms with Crippen molar-refractivity contribution in [1.82, 2.24) is 24.6 Å². The van der Waals surface area contributed by atoms with E-state index in [0.29, 0.717) is 5.56 Å². The van der Waals surface area contributed by atoms with Crippen molar-refractivity contribution in [3.63, 3.8) is 0 Å². The van der Waals surface area contributed by atoms with E-state index in [0.717, 1.165) is 46.4 Å². The third-order valence-electron chi connectivity index (χ3n) is 6.81. The molecule has 182 valence electrons. The number of carbonyl (C=O) groups excluding carboxylic acids is 1. The van der Waals surface area contributed by atoms with Crippen LogP contribution < -0.4 is 4.74 Å². The van der Waals surface area contributed by atoms with Crippen LogP contribution in [-0.2, 0) is 0 Å². The number of thioether (sulfide) groups is 1. The number of Topliss-reactive ketones (excluding diaryl/α,β-unsaturated/α-hetero) is 1. The number of hydrogen-bond donors (Lipinski definition) is 1. The smallest absolute Gasteiger partial charge is 0.196 e. The molecule has 4 aromatic rings. The first-order valence-corrected chi connectivity index (χ1v) is 13.1. The Labute approximate surface area is 209 Å². The maximum absolute atomic E-state index is 13.4. The van der Waals surface area contributed by atoms with Gasteiger partial charge in [-0.05, 0) is 70.1 Å². The molecule has 0 spiro atoms. The Balaban J connectivity index is 1.47. The Morgan fingerprint density at radius 1 is 1.03 bits per heavy atom. The molecule has 0 saturated carbocycles. The van der Waals surface area contributed by atoms with E-state index in [-0.39, 0.29) is 17.1 Å². The predicted octanol–water partition coefficient (Wildman–Crippen LogP) is 5.67. The summed E-state index contributed by atoms with van der Waals surface area (Å²) in [6.45, 7) is 6.27. The van der Waals surface area contributed by atoms with E-state index in [2.05, 4.69) is 31.6 Å². The van der Waals surface area contributed by atoms with E-state index in [9.17, 15) is 4.79 Å². The van der Waals surface area contributed by atoms with Crippen molar-refractivity contribution in [1.29, 1.82) is 0 Å². The minimum absolute atomic E-state index is 0.0716. The molecule has 5 rings (SSSR count). The summed E-state index contributed by atoms with van der Waals surface area (Å²) in [5.74, 6) is 1.76. The van der Waals surface area contributed by atoms with Gasteiger partial charge in [-0.2, -0.15) is 0 Å². The van der Waals surface area contributed by atoms with E-state index in [1.807, 2.05) is 61.7 Å². The molecule has 1 aliphatic heterocycles. The fraction of sp³-hybridized carbons (Fsp3) is 0.370. The van der Waals surface area contributed by atoms with Crippen LogP contribution in [0.3, 0.4) is 0 Å². The number of aromatic amines is 1. The van der Waals surface area contributed by atoms with Gasteiger partial charge < -0.3 is 9.72 Å². The molecule has 7 nitrogen and oxygen atoms in total. The van der Waals surface area contributed by atoms with Gasteiger partial charge in [0.25, 0.3) is 0 Å². The van der Waals surface area contributed by atoms with Crippen LogP contribution in [0.25, 0.3) is 16.6 Å². The van der Waals surface area contributed by atoms with Crippen LogP contribution in [0.5, 0.6) is 5.75 Å². The molecule has 2 atom stereocenters. The number of nitrogens with one attached hydrogen (secondary N) is 1. The van der Waals surface area contributed by atoms with Gasteiger partial charge in [-0.15, -0.1) is 10.2 Å². The number of para-hydroxylation sites is 1. The fourth-order valence-corrected chi connectivity index (χ4v) is 5.72. The summed E-state index contributed by atoms with van der Waals surface area (Å²) in [7, 11) is 1.66. The molecule has 8 heteroatoms. The van der Waals surface area contributed by atoms with E-state index in [1.165, 1.54) is 31.0 Å². The van der Waals surface area contributed by atoms with Crippen LogP contribution >= 0.6 is 11.8 Å². The number of fused-ring (bicyclic) bond motifs is 1. The maximum Gasteiger partial charge on any atom is 0.196 e. The van der Waals surface area contributed by atoms with Crippen molar-refractivity contribution in [2.45, 2.75) is 49.6 Å². The first-order valence-electron chi connectivity index (χ1n) is 12.2. The van der Waals surface area contributed by atoms with E-state index >= 15 is 0 Å². The van der Waals surface area contributed by atoms with Gasteiger partial charge in [0.15, 0.2) is 16.8 Å². The average Bonchev–Trinajstić information content (AvgIpc) is 3.53. The first-order chi connectivity index (χ1) is 17.1. The molecule has 1 aliphatic rings. The predicted molar refractivity (Wildman–Crippen MR) is 140 cm³/mol. The molecule has 2 aromatic carbocycles. The number of piperidine rings is 1. The Morgan fingerprint density at radius 3 is 2.51 bits per heavy atom. The molecule has 1 N–H and O–H groups in total. The summed E-state index contributed by atoms with van der Waals surface area (Å²) in [5.41, 5.74) is 2.63. The molecule has 0 aliphatic carbocycles. The van der Waals surface area contributed by atoms with Crippen molar-refractivity contribution in [2.75, 3.05) is 20.2 Å². The standard InChI is InChI=1S/C27H31N5O2S/c1-18(31-15-7-4-8-16-31)26-29-30-27(32(26)20-11-13-21(34-3)14-12-20)35-19(2)25(33)23-17-28-24-10-6-5-9-22(23)24/h5-6,9-14,17-19,28H,4,7-8,15-16H2,1-3H3/t18-,19-/m1/s1. The highest BCUT2D eigenvalue weighted by Gasteiger charge is 2.28. The highest BCUT2D eigenvalue weighted by molar-refractivity contribution is 8.00. The average molecular weight is 490 g/mol. The lowest BCUT2D eigenvalue weighted by Crippen LogP contribution is -2.33. The molecule has 0 radical (unpaired) electrons. The zero-order valence-electron chi connectivity index (χ0n) is 20.4. The van der Waals surface area contributed by atoms with Gasteiger partial charge in [0, 0.05) is 28.4 Å². The molecule has 1 fully saturated rings. The molecule has 0 unspecified atom stereocenters. The second kappa shape index (κ2) is 10.3. The number of methoxy groups -OCH3 is 1. The van der Waals surface area contributed by atoms with Crippen molar-refractivity contribution in [3.05, 3.63) is 66.1 Å². The molecule has 3 heterocycles. The molecule has 1 saturated heterocycles. The van der Waals surface area contributed by atoms with Gasteiger partial charge in [-0.1, -0.05) is 36.4 Å². The van der Waals surface area contributed by atoms with Crippen molar-refractivity contribution in [3.8, 4) is 11.4 Å². The monoisotopic (exact) mass is 489 g/mol. The van der Waals surface area contributed by atoms with Crippen LogP contribution in [0.15, 0.2) is 59.9 Å². The Morgan fingerprint density at radius 2 is 1.77 bits per heavy atom. The Kier molecular flexibility index (Phi) is 6.92. The lowest BCUT2D eigenvalue weighted by Gasteiger charge is -2.32. The summed E-state index contributed by atoms with van der Waals surface area (Å²) in [6, 6.07) is 15.9. The molecule has 35 heavy (non-hydrogen) atoms. The van der Waals surface area contributed by atoms with E-state index < -0.39 is 0 Å². The van der Waals surface area contributed by atoms with Gasteiger partial charge >= 0.3 is 0 Å². The summed E-state index contributed by atoms with van der Waals surface area (Å²) < 4.78 is 7.46. The third kappa shape index (κ3) is 4.73. The molecule has 0 bridgehead atoms. The second-order valence-corrected chi connectivity index (χ2v) is 10.3. The minimum Gasteiger partial charge on any atom is -0.497 e. The van der Waals surface area contributed by atoms with Crippen molar-refractivity contribution < 1.29 is 9.53 Å². The number of aromatic nitrogens is 4. The number of benzene rings is 2. The molecular weight excluding hydrogens is 458 g/mol. The van der Waals surface area contributed by atoms with Crippen LogP contribution in [0.2, 0.25) is 0 Å². The largest absolute Gasteiger partial charge is 0.497 e. The lowest BCUT2D eigenvalue weighted by molar-refractivity contribution is 0.0995. The zero-order chi connectivity index (χ0) is 24.4. The molecule has 2 aromatic heterocycles. The summed E-state index contributed by atoms with van der Waals surface area (Å²) in [4.78, 5) is 19.1. The quantitative estimate of drug-likeness (QED) is 0.254. The van der Waals surface area contributed by atoms with E-state index in [4.69, 9.17) is 4.74 Å². The maximum atomic E-state index is 13.4. The topological polar surface area (TPSA) is 76.0 Å². The van der Waals surface area contributed by atoms with Crippen LogP contribution in [0.1, 0.15) is 55.3 Å². The highest BCUT2D eigenvalue weighted by atomic mass is 32.2. The van der Waals surface area contributed by atoms with Crippen molar-refractivity contribution >= 4 is 28.4 Å². The number of nitrogens with zero attached hydrogens (tertiary/aromatic N) is 4. The summed E-state index contributed by atoms with van der Waals surface area (Å²) >= 11 is 1.45. The SMILES string of the molecule is COc1ccc(-n2c(S[C@H](C)C(=O)c3c[nH]c4ccccc34)nnc2[C@@H](C)N2CCCCC2)cc1. The van der Waals surface area contributed by atoms with E-state index in [1.54, 1.807) is 7.11 Å². The second-order valence-electron chi connectivity index (χ2n) is 9.02. The van der Waals surface area contributed by atoms with Gasteiger partial charge in [0.05, 0.1) is 18.4 Å². The van der Waals surface area contributed by atoms with Gasteiger partial charge in [0.1, 0.15) is 5.75 Å². The molecule has 0 amide bonds. The normalized spacial score (nSPS) is 16.3. The fourth-order valence-electron chi connectivity index (χ4n) is 4.78. The van der Waals surface area contributed by atoms with Crippen LogP contribution in [0.4, 0.5) is 0 Å². The molecular formula is C27H31N5O2S. The van der Waals surface area contributed by atoms with Crippen molar-refractivity contribution in [2.24, 2.45) is 0 Å². The number of hydrogen-bond acceptors (Lipinski definition) is 6. The lowest BCUT2D eigenvalue weighted by atomic mass is 10.1. The Hall–Kier alpha value is -3.10. The van der Waals surface area contributed by atoms with Gasteiger partial charge in [0.2, 0.25) is 0 Å². The van der Waals surface area contributed by atoms with Gasteiger partial charge in [-0.25, -0.2) is 0 Å². The zero-order valence-corrected chi connectivity index (χ0v) is 21.2. The number of carbonyl (C=O) groups is 1. The number of rotatable bonds is 8. The highest BCUT2D eigenvalue weighted by Crippen LogP contribution is 2.33. The summed E-state index contributed by atoms with van der Waals surface area (Å²) in [6.07, 6.45) is 5.50. The number of ketones is 1. The number of ether oxygens (including phenoxy) is 1. The number of H-pyrrole nitrogens is 1. The Bertz CT molecular complexity index is 1310.